The van der Waals surface area contributed by atoms with Crippen LogP contribution in [0.3, 0.4) is 0 Å². The minimum Gasteiger partial charge on any atom is -0.479 e. The summed E-state index contributed by atoms with van der Waals surface area (Å²) in [7, 11) is 1.50. The molecule has 1 saturated carbocycles. The summed E-state index contributed by atoms with van der Waals surface area (Å²) in [5, 5.41) is 3.69. The molecular formula is C26H34F2N4O4. The SMILES string of the molecule is COc1cc(CC(=O)N=CC2CCC(CCN3CCc4ccc(OCC(F)F)nc4CC3)CC2)on1. The number of amides is 1. The predicted octanol–water partition coefficient (Wildman–Crippen LogP) is 4.16. The number of alkyl halides is 2. The van der Waals surface area contributed by atoms with E-state index in [4.69, 9.17) is 14.0 Å². The van der Waals surface area contributed by atoms with Gasteiger partial charge < -0.3 is 18.9 Å². The quantitative estimate of drug-likeness (QED) is 0.449. The number of halogens is 2. The van der Waals surface area contributed by atoms with Gasteiger partial charge in [0.25, 0.3) is 18.2 Å². The number of pyridine rings is 1. The van der Waals surface area contributed by atoms with Gasteiger partial charge in [0.2, 0.25) is 5.88 Å². The lowest BCUT2D eigenvalue weighted by Crippen LogP contribution is -2.29. The lowest BCUT2D eigenvalue weighted by molar-refractivity contribution is -0.117. The van der Waals surface area contributed by atoms with Gasteiger partial charge in [-0.15, -0.1) is 0 Å². The van der Waals surface area contributed by atoms with Crippen LogP contribution >= 0.6 is 0 Å². The number of ether oxygens (including phenoxy) is 2. The Labute approximate surface area is 210 Å². The van der Waals surface area contributed by atoms with E-state index in [2.05, 4.69) is 20.0 Å². The molecule has 0 N–H and O–H groups in total. The van der Waals surface area contributed by atoms with Gasteiger partial charge in [-0.2, -0.15) is 0 Å². The molecule has 0 atom stereocenters. The zero-order valence-corrected chi connectivity index (χ0v) is 20.7. The number of fused-ring (bicyclic) bond motifs is 1. The topological polar surface area (TPSA) is 90.0 Å². The molecule has 1 amide bonds. The lowest BCUT2D eigenvalue weighted by Gasteiger charge is -2.28. The molecule has 36 heavy (non-hydrogen) atoms. The molecule has 2 aromatic heterocycles. The van der Waals surface area contributed by atoms with E-state index >= 15 is 0 Å². The molecule has 3 heterocycles. The van der Waals surface area contributed by atoms with E-state index < -0.39 is 13.0 Å². The molecule has 1 aliphatic carbocycles. The van der Waals surface area contributed by atoms with Gasteiger partial charge in [0.1, 0.15) is 5.76 Å². The molecule has 1 aliphatic heterocycles. The Bertz CT molecular complexity index is 1020. The van der Waals surface area contributed by atoms with Crippen LogP contribution in [0.1, 0.15) is 49.1 Å². The summed E-state index contributed by atoms with van der Waals surface area (Å²) < 4.78 is 39.9. The number of carbonyl (C=O) groups excluding carboxylic acids is 1. The van der Waals surface area contributed by atoms with Crippen LogP contribution in [-0.2, 0) is 24.1 Å². The molecule has 196 valence electrons. The molecule has 2 aliphatic rings. The largest absolute Gasteiger partial charge is 0.479 e. The first-order valence-corrected chi connectivity index (χ1v) is 12.7. The second kappa shape index (κ2) is 12.9. The molecule has 4 rings (SSSR count). The van der Waals surface area contributed by atoms with Gasteiger partial charge in [-0.3, -0.25) is 4.79 Å². The number of rotatable bonds is 10. The van der Waals surface area contributed by atoms with Crippen LogP contribution in [0.2, 0.25) is 0 Å². The van der Waals surface area contributed by atoms with Crippen molar-refractivity contribution in [3.63, 3.8) is 0 Å². The second-order valence-electron chi connectivity index (χ2n) is 9.55. The number of hydrogen-bond donors (Lipinski definition) is 0. The highest BCUT2D eigenvalue weighted by Crippen LogP contribution is 2.30. The number of methoxy groups -OCH3 is 1. The third-order valence-corrected chi connectivity index (χ3v) is 7.01. The van der Waals surface area contributed by atoms with Crippen LogP contribution in [-0.4, -0.2) is 66.9 Å². The van der Waals surface area contributed by atoms with Gasteiger partial charge in [0, 0.05) is 43.6 Å². The molecule has 1 fully saturated rings. The normalized spacial score (nSPS) is 20.9. The Morgan fingerprint density at radius 1 is 1.22 bits per heavy atom. The van der Waals surface area contributed by atoms with Crippen LogP contribution in [0.5, 0.6) is 11.8 Å². The Balaban J connectivity index is 1.15. The van der Waals surface area contributed by atoms with E-state index in [1.165, 1.54) is 12.7 Å². The molecule has 0 spiro atoms. The Morgan fingerprint density at radius 2 is 2.03 bits per heavy atom. The van der Waals surface area contributed by atoms with Crippen molar-refractivity contribution < 1.29 is 27.6 Å². The summed E-state index contributed by atoms with van der Waals surface area (Å²) in [6.07, 6.45) is 6.66. The average molecular weight is 505 g/mol. The van der Waals surface area contributed by atoms with Gasteiger partial charge in [0.05, 0.1) is 13.5 Å². The number of carbonyl (C=O) groups is 1. The molecule has 0 saturated heterocycles. The van der Waals surface area contributed by atoms with Crippen LogP contribution in [0, 0.1) is 11.8 Å². The fourth-order valence-electron chi connectivity index (χ4n) is 4.91. The van der Waals surface area contributed by atoms with Crippen molar-refractivity contribution in [3.8, 4) is 11.8 Å². The monoisotopic (exact) mass is 504 g/mol. The zero-order chi connectivity index (χ0) is 25.3. The molecule has 8 nitrogen and oxygen atoms in total. The van der Waals surface area contributed by atoms with Crippen molar-refractivity contribution in [2.45, 2.75) is 57.8 Å². The van der Waals surface area contributed by atoms with Crippen molar-refractivity contribution in [2.75, 3.05) is 33.4 Å². The van der Waals surface area contributed by atoms with Gasteiger partial charge in [0.15, 0.2) is 6.61 Å². The Hall–Kier alpha value is -2.88. The first kappa shape index (κ1) is 26.2. The van der Waals surface area contributed by atoms with E-state index in [-0.39, 0.29) is 18.2 Å². The summed E-state index contributed by atoms with van der Waals surface area (Å²) in [5.41, 5.74) is 2.14. The molecular weight excluding hydrogens is 470 g/mol. The first-order valence-electron chi connectivity index (χ1n) is 12.7. The highest BCUT2D eigenvalue weighted by molar-refractivity contribution is 5.86. The standard InChI is InChI=1S/C26H34F2N4O4/c1-34-26-15-21(36-31-26)14-24(33)29-16-19-4-2-18(3-5-19)8-11-32-12-9-20-6-7-25(35-17-23(27)28)30-22(20)10-13-32/h6-7,15-16,18-19,23H,2-5,8-14,17H2,1H3. The molecule has 0 aromatic carbocycles. The highest BCUT2D eigenvalue weighted by atomic mass is 19.3. The average Bonchev–Trinajstić information content (AvgIpc) is 3.24. The maximum absolute atomic E-state index is 12.4. The van der Waals surface area contributed by atoms with Crippen LogP contribution in [0.4, 0.5) is 8.78 Å². The minimum atomic E-state index is -2.50. The van der Waals surface area contributed by atoms with Crippen LogP contribution in [0.25, 0.3) is 0 Å². The number of nitrogens with zero attached hydrogens (tertiary/aromatic N) is 4. The fraction of sp³-hybridized carbons (Fsp3) is 0.615. The molecule has 0 bridgehead atoms. The smallest absolute Gasteiger partial charge is 0.272 e. The Kier molecular flexibility index (Phi) is 9.38. The third kappa shape index (κ3) is 7.81. The molecule has 10 heteroatoms. The predicted molar refractivity (Wildman–Crippen MR) is 130 cm³/mol. The molecule has 2 aromatic rings. The van der Waals surface area contributed by atoms with Gasteiger partial charge in [-0.25, -0.2) is 18.8 Å². The van der Waals surface area contributed by atoms with Crippen molar-refractivity contribution in [1.29, 1.82) is 0 Å². The summed E-state index contributed by atoms with van der Waals surface area (Å²) in [6.45, 7) is 2.32. The minimum absolute atomic E-state index is 0.0848. The second-order valence-corrected chi connectivity index (χ2v) is 9.55. The highest BCUT2D eigenvalue weighted by Gasteiger charge is 2.22. The zero-order valence-electron chi connectivity index (χ0n) is 20.7. The fourth-order valence-corrected chi connectivity index (χ4v) is 4.91. The van der Waals surface area contributed by atoms with Gasteiger partial charge in [-0.05, 0) is 67.6 Å². The summed E-state index contributed by atoms with van der Waals surface area (Å²) in [6, 6.07) is 5.25. The molecule has 0 unspecified atom stereocenters. The summed E-state index contributed by atoms with van der Waals surface area (Å²) >= 11 is 0. The van der Waals surface area contributed by atoms with Crippen molar-refractivity contribution in [2.24, 2.45) is 16.8 Å². The van der Waals surface area contributed by atoms with Crippen molar-refractivity contribution in [3.05, 3.63) is 35.2 Å². The maximum atomic E-state index is 12.4. The number of aromatic nitrogens is 2. The third-order valence-electron chi connectivity index (χ3n) is 7.01. The van der Waals surface area contributed by atoms with E-state index in [9.17, 15) is 13.6 Å². The summed E-state index contributed by atoms with van der Waals surface area (Å²) in [5.74, 6) is 1.88. The van der Waals surface area contributed by atoms with E-state index in [0.29, 0.717) is 23.5 Å². The molecule has 0 radical (unpaired) electrons. The summed E-state index contributed by atoms with van der Waals surface area (Å²) in [4.78, 5) is 23.2. The number of hydrogen-bond acceptors (Lipinski definition) is 7. The maximum Gasteiger partial charge on any atom is 0.272 e. The van der Waals surface area contributed by atoms with Crippen molar-refractivity contribution in [1.82, 2.24) is 15.0 Å². The van der Waals surface area contributed by atoms with Gasteiger partial charge in [-0.1, -0.05) is 6.07 Å². The number of aliphatic imine (C=N–C) groups is 1. The Morgan fingerprint density at radius 3 is 2.78 bits per heavy atom. The van der Waals surface area contributed by atoms with E-state index in [0.717, 1.165) is 70.3 Å². The van der Waals surface area contributed by atoms with Gasteiger partial charge >= 0.3 is 0 Å². The van der Waals surface area contributed by atoms with E-state index in [1.54, 1.807) is 12.1 Å². The van der Waals surface area contributed by atoms with E-state index in [1.807, 2.05) is 12.3 Å². The van der Waals surface area contributed by atoms with Crippen molar-refractivity contribution >= 4 is 12.1 Å². The van der Waals surface area contributed by atoms with Crippen LogP contribution in [0.15, 0.2) is 27.7 Å². The van der Waals surface area contributed by atoms with Crippen LogP contribution < -0.4 is 9.47 Å². The lowest BCUT2D eigenvalue weighted by atomic mass is 9.81. The first-order chi connectivity index (χ1) is 17.5.